The Hall–Kier alpha value is -2.06. The molecule has 1 amide bonds. The Balaban J connectivity index is 1.53. The Bertz CT molecular complexity index is 645. The van der Waals surface area contributed by atoms with Gasteiger partial charge < -0.3 is 24.6 Å². The fourth-order valence-electron chi connectivity index (χ4n) is 3.69. The van der Waals surface area contributed by atoms with Crippen molar-refractivity contribution in [3.05, 3.63) is 24.2 Å². The topological polar surface area (TPSA) is 84.5 Å². The molecule has 1 unspecified atom stereocenters. The van der Waals surface area contributed by atoms with Gasteiger partial charge in [0.2, 0.25) is 5.91 Å². The molecule has 1 aromatic rings. The fourth-order valence-corrected chi connectivity index (χ4v) is 3.69. The highest BCUT2D eigenvalue weighted by Gasteiger charge is 2.28. The van der Waals surface area contributed by atoms with E-state index in [-0.39, 0.29) is 12.5 Å². The molecule has 0 bridgehead atoms. The number of hydrogen-bond donors (Lipinski definition) is 2. The quantitative estimate of drug-likeness (QED) is 0.548. The maximum atomic E-state index is 12.4. The van der Waals surface area contributed by atoms with Gasteiger partial charge in [-0.15, -0.1) is 0 Å². The van der Waals surface area contributed by atoms with Crippen LogP contribution in [-0.2, 0) is 10.4 Å². The Kier molecular flexibility index (Phi) is 6.96. The molecule has 3 rings (SSSR count). The summed E-state index contributed by atoms with van der Waals surface area (Å²) in [6.45, 7) is 10.3. The first-order chi connectivity index (χ1) is 13.5. The number of carbonyl (C=O) groups excluding carboxylic acids is 1. The molecule has 156 valence electrons. The predicted molar refractivity (Wildman–Crippen MR) is 108 cm³/mol. The largest absolute Gasteiger partial charge is 0.466 e. The summed E-state index contributed by atoms with van der Waals surface area (Å²) in [5.74, 6) is 1.55. The van der Waals surface area contributed by atoms with Crippen LogP contribution >= 0.6 is 0 Å². The second kappa shape index (κ2) is 9.43. The maximum Gasteiger partial charge on any atom is 0.236 e. The summed E-state index contributed by atoms with van der Waals surface area (Å²) in [6.07, 6.45) is 3.81. The van der Waals surface area contributed by atoms with Gasteiger partial charge in [0.05, 0.1) is 19.4 Å². The summed E-state index contributed by atoms with van der Waals surface area (Å²) in [7, 11) is 0. The van der Waals surface area contributed by atoms with Crippen LogP contribution in [0.3, 0.4) is 0 Å². The molecule has 8 nitrogen and oxygen atoms in total. The SMILES string of the molecule is CCNC(=NCC(C)(O)c1ccco1)N1CCN(CC(=O)N2CCCC2)CC1. The van der Waals surface area contributed by atoms with Crippen LogP contribution in [0.4, 0.5) is 0 Å². The second-order valence-corrected chi connectivity index (χ2v) is 7.77. The van der Waals surface area contributed by atoms with Crippen molar-refractivity contribution in [2.45, 2.75) is 32.3 Å². The van der Waals surface area contributed by atoms with Gasteiger partial charge in [-0.25, -0.2) is 4.99 Å². The third kappa shape index (κ3) is 5.26. The minimum atomic E-state index is -1.14. The first-order valence-corrected chi connectivity index (χ1v) is 10.3. The Morgan fingerprint density at radius 3 is 2.54 bits per heavy atom. The van der Waals surface area contributed by atoms with Crippen molar-refractivity contribution >= 4 is 11.9 Å². The van der Waals surface area contributed by atoms with Crippen molar-refractivity contribution < 1.29 is 14.3 Å². The summed E-state index contributed by atoms with van der Waals surface area (Å²) in [5, 5.41) is 13.9. The van der Waals surface area contributed by atoms with E-state index in [1.165, 1.54) is 0 Å². The lowest BCUT2D eigenvalue weighted by molar-refractivity contribution is -0.131. The molecule has 0 aliphatic carbocycles. The third-order valence-corrected chi connectivity index (χ3v) is 5.41. The molecule has 8 heteroatoms. The second-order valence-electron chi connectivity index (χ2n) is 7.77. The van der Waals surface area contributed by atoms with Crippen molar-refractivity contribution in [2.75, 3.05) is 58.9 Å². The lowest BCUT2D eigenvalue weighted by atomic mass is 10.0. The monoisotopic (exact) mass is 391 g/mol. The van der Waals surface area contributed by atoms with E-state index in [9.17, 15) is 9.90 Å². The van der Waals surface area contributed by atoms with E-state index < -0.39 is 5.60 Å². The molecular weight excluding hydrogens is 358 g/mol. The molecule has 1 atom stereocenters. The number of carbonyl (C=O) groups is 1. The minimum Gasteiger partial charge on any atom is -0.466 e. The van der Waals surface area contributed by atoms with E-state index in [1.54, 1.807) is 25.3 Å². The number of rotatable bonds is 6. The highest BCUT2D eigenvalue weighted by atomic mass is 16.4. The number of piperazine rings is 1. The number of nitrogens with one attached hydrogen (secondary N) is 1. The summed E-state index contributed by atoms with van der Waals surface area (Å²) in [6, 6.07) is 3.53. The van der Waals surface area contributed by atoms with Crippen molar-refractivity contribution in [1.82, 2.24) is 20.0 Å². The van der Waals surface area contributed by atoms with Gasteiger partial charge >= 0.3 is 0 Å². The molecule has 0 spiro atoms. The summed E-state index contributed by atoms with van der Waals surface area (Å²) in [4.78, 5) is 23.4. The molecule has 2 fully saturated rings. The zero-order valence-electron chi connectivity index (χ0n) is 17.1. The molecule has 28 heavy (non-hydrogen) atoms. The van der Waals surface area contributed by atoms with Crippen molar-refractivity contribution in [3.8, 4) is 0 Å². The number of aliphatic hydroxyl groups is 1. The molecule has 2 saturated heterocycles. The Labute approximate surface area is 167 Å². The van der Waals surface area contributed by atoms with E-state index in [0.717, 1.165) is 64.6 Å². The van der Waals surface area contributed by atoms with Gasteiger partial charge in [-0.2, -0.15) is 0 Å². The number of aliphatic imine (C=N–C) groups is 1. The Morgan fingerprint density at radius 2 is 1.93 bits per heavy atom. The zero-order valence-corrected chi connectivity index (χ0v) is 17.1. The smallest absolute Gasteiger partial charge is 0.236 e. The van der Waals surface area contributed by atoms with Crippen LogP contribution in [0.5, 0.6) is 0 Å². The van der Waals surface area contributed by atoms with Crippen LogP contribution in [0.1, 0.15) is 32.4 Å². The molecule has 2 N–H and O–H groups in total. The van der Waals surface area contributed by atoms with Crippen LogP contribution in [0.2, 0.25) is 0 Å². The van der Waals surface area contributed by atoms with Crippen molar-refractivity contribution in [1.29, 1.82) is 0 Å². The number of furan rings is 1. The minimum absolute atomic E-state index is 0.219. The highest BCUT2D eigenvalue weighted by molar-refractivity contribution is 5.80. The number of guanidine groups is 1. The molecule has 0 radical (unpaired) electrons. The average Bonchev–Trinajstić information content (AvgIpc) is 3.40. The van der Waals surface area contributed by atoms with E-state index in [1.807, 2.05) is 11.8 Å². The van der Waals surface area contributed by atoms with E-state index in [4.69, 9.17) is 4.42 Å². The summed E-state index contributed by atoms with van der Waals surface area (Å²) < 4.78 is 5.33. The van der Waals surface area contributed by atoms with Gasteiger partial charge in [-0.05, 0) is 38.8 Å². The number of hydrogen-bond acceptors (Lipinski definition) is 5. The van der Waals surface area contributed by atoms with Gasteiger partial charge in [0.25, 0.3) is 0 Å². The molecule has 3 heterocycles. The van der Waals surface area contributed by atoms with Crippen LogP contribution in [-0.4, -0.2) is 90.6 Å². The zero-order chi connectivity index (χ0) is 20.0. The molecule has 2 aliphatic heterocycles. The van der Waals surface area contributed by atoms with Crippen molar-refractivity contribution in [3.63, 3.8) is 0 Å². The summed E-state index contributed by atoms with van der Waals surface area (Å²) >= 11 is 0. The number of nitrogens with zero attached hydrogens (tertiary/aromatic N) is 4. The molecule has 1 aromatic heterocycles. The van der Waals surface area contributed by atoms with Gasteiger partial charge in [0.1, 0.15) is 11.4 Å². The van der Waals surface area contributed by atoms with Crippen LogP contribution < -0.4 is 5.32 Å². The number of likely N-dealkylation sites (tertiary alicyclic amines) is 1. The van der Waals surface area contributed by atoms with Gasteiger partial charge in [0.15, 0.2) is 5.96 Å². The lowest BCUT2D eigenvalue weighted by Gasteiger charge is -2.37. The molecule has 2 aliphatic rings. The van der Waals surface area contributed by atoms with Gasteiger partial charge in [-0.3, -0.25) is 9.69 Å². The van der Waals surface area contributed by atoms with E-state index in [0.29, 0.717) is 12.3 Å². The Morgan fingerprint density at radius 1 is 1.21 bits per heavy atom. The predicted octanol–water partition coefficient (Wildman–Crippen LogP) is 0.693. The first kappa shape index (κ1) is 20.7. The van der Waals surface area contributed by atoms with Crippen LogP contribution in [0.25, 0.3) is 0 Å². The van der Waals surface area contributed by atoms with Gasteiger partial charge in [-0.1, -0.05) is 0 Å². The number of amides is 1. The third-order valence-electron chi connectivity index (χ3n) is 5.41. The van der Waals surface area contributed by atoms with E-state index in [2.05, 4.69) is 20.1 Å². The molecule has 0 aromatic carbocycles. The van der Waals surface area contributed by atoms with E-state index >= 15 is 0 Å². The maximum absolute atomic E-state index is 12.4. The van der Waals surface area contributed by atoms with Gasteiger partial charge in [0, 0.05) is 45.8 Å². The lowest BCUT2D eigenvalue weighted by Crippen LogP contribution is -2.54. The van der Waals surface area contributed by atoms with Crippen molar-refractivity contribution in [2.24, 2.45) is 4.99 Å². The summed E-state index contributed by atoms with van der Waals surface area (Å²) in [5.41, 5.74) is -1.14. The molecular formula is C20H33N5O3. The fraction of sp³-hybridized carbons (Fsp3) is 0.700. The normalized spacial score (nSPS) is 21.0. The first-order valence-electron chi connectivity index (χ1n) is 10.3. The van der Waals surface area contributed by atoms with Crippen LogP contribution in [0.15, 0.2) is 27.8 Å². The molecule has 0 saturated carbocycles. The van der Waals surface area contributed by atoms with Crippen LogP contribution in [0, 0.1) is 0 Å². The standard InChI is InChI=1S/C20H33N5O3/c1-3-21-19(22-16-20(2,27)17-7-6-14-28-17)25-12-10-23(11-13-25)15-18(26)24-8-4-5-9-24/h6-7,14,27H,3-5,8-13,15-16H2,1-2H3,(H,21,22). The highest BCUT2D eigenvalue weighted by Crippen LogP contribution is 2.21. The average molecular weight is 392 g/mol.